The van der Waals surface area contributed by atoms with Gasteiger partial charge in [-0.15, -0.1) is 0 Å². The molecule has 0 radical (unpaired) electrons. The molecule has 1 atom stereocenters. The third kappa shape index (κ3) is 2.54. The summed E-state index contributed by atoms with van der Waals surface area (Å²) in [5.41, 5.74) is 1.78. The van der Waals surface area contributed by atoms with Gasteiger partial charge in [0.05, 0.1) is 6.54 Å². The maximum Gasteiger partial charge on any atom is 0.331 e. The molecule has 0 aromatic heterocycles. The maximum atomic E-state index is 11.9. The van der Waals surface area contributed by atoms with Gasteiger partial charge < -0.3 is 0 Å². The van der Waals surface area contributed by atoms with Crippen LogP contribution >= 0.6 is 0 Å². The van der Waals surface area contributed by atoms with Gasteiger partial charge in [0, 0.05) is 0 Å². The third-order valence-corrected chi connectivity index (χ3v) is 3.06. The summed E-state index contributed by atoms with van der Waals surface area (Å²) < 4.78 is 0. The molecule has 4 amide bonds. The van der Waals surface area contributed by atoms with E-state index in [1.165, 1.54) is 6.92 Å². The summed E-state index contributed by atoms with van der Waals surface area (Å²) in [6, 6.07) is 6.67. The number of amides is 4. The molecule has 1 fully saturated rings. The number of rotatable bonds is 3. The summed E-state index contributed by atoms with van der Waals surface area (Å²) in [4.78, 5) is 35.9. The largest absolute Gasteiger partial charge is 0.331 e. The van der Waals surface area contributed by atoms with E-state index < -0.39 is 23.8 Å². The van der Waals surface area contributed by atoms with Gasteiger partial charge in [0.1, 0.15) is 5.92 Å². The van der Waals surface area contributed by atoms with E-state index in [2.05, 4.69) is 11.9 Å². The Labute approximate surface area is 110 Å². The number of carbonyl (C=O) groups excluding carboxylic acids is 3. The number of nitrogens with one attached hydrogen (secondary N) is 1. The van der Waals surface area contributed by atoms with Gasteiger partial charge in [-0.05, 0) is 18.1 Å². The quantitative estimate of drug-likeness (QED) is 0.836. The number of hydrogen-bond acceptors (Lipinski definition) is 3. The highest BCUT2D eigenvalue weighted by Gasteiger charge is 2.37. The lowest BCUT2D eigenvalue weighted by atomic mass is 10.1. The Morgan fingerprint density at radius 1 is 1.26 bits per heavy atom. The van der Waals surface area contributed by atoms with Crippen LogP contribution in [0, 0.1) is 5.92 Å². The SMILES string of the molecule is C=Cc1ccc(CN2C(=O)NC(=O)C(C)C2=O)cc1. The van der Waals surface area contributed by atoms with Gasteiger partial charge in [-0.1, -0.05) is 36.9 Å². The number of imide groups is 2. The van der Waals surface area contributed by atoms with E-state index in [1.54, 1.807) is 6.08 Å². The van der Waals surface area contributed by atoms with Crippen LogP contribution in [0.25, 0.3) is 6.08 Å². The average molecular weight is 258 g/mol. The Bertz CT molecular complexity index is 548. The van der Waals surface area contributed by atoms with E-state index in [0.29, 0.717) is 0 Å². The average Bonchev–Trinajstić information content (AvgIpc) is 2.42. The molecule has 0 saturated carbocycles. The molecule has 0 spiro atoms. The molecule has 1 heterocycles. The summed E-state index contributed by atoms with van der Waals surface area (Å²) in [5, 5.41) is 2.16. The fourth-order valence-electron chi connectivity index (χ4n) is 1.82. The van der Waals surface area contributed by atoms with Crippen molar-refractivity contribution in [1.29, 1.82) is 0 Å². The second-order valence-corrected chi connectivity index (χ2v) is 4.39. The first kappa shape index (κ1) is 13.0. The van der Waals surface area contributed by atoms with E-state index in [9.17, 15) is 14.4 Å². The molecular weight excluding hydrogens is 244 g/mol. The van der Waals surface area contributed by atoms with E-state index in [0.717, 1.165) is 16.0 Å². The first-order valence-electron chi connectivity index (χ1n) is 5.90. The Balaban J connectivity index is 2.16. The maximum absolute atomic E-state index is 11.9. The second kappa shape index (κ2) is 5.06. The molecule has 1 aromatic carbocycles. The van der Waals surface area contributed by atoms with Crippen molar-refractivity contribution < 1.29 is 14.4 Å². The van der Waals surface area contributed by atoms with Gasteiger partial charge >= 0.3 is 6.03 Å². The highest BCUT2D eigenvalue weighted by Crippen LogP contribution is 2.14. The summed E-state index contributed by atoms with van der Waals surface area (Å²) in [7, 11) is 0. The summed E-state index contributed by atoms with van der Waals surface area (Å²) in [6.07, 6.45) is 1.71. The molecule has 0 bridgehead atoms. The minimum absolute atomic E-state index is 0.152. The molecule has 1 aromatic rings. The summed E-state index contributed by atoms with van der Waals surface area (Å²) in [5.74, 6) is -1.85. The Hall–Kier alpha value is -2.43. The van der Waals surface area contributed by atoms with Crippen molar-refractivity contribution in [1.82, 2.24) is 10.2 Å². The van der Waals surface area contributed by atoms with E-state index in [4.69, 9.17) is 0 Å². The lowest BCUT2D eigenvalue weighted by Crippen LogP contribution is -2.56. The van der Waals surface area contributed by atoms with Crippen LogP contribution in [0.3, 0.4) is 0 Å². The van der Waals surface area contributed by atoms with E-state index >= 15 is 0 Å². The molecule has 19 heavy (non-hydrogen) atoms. The number of carbonyl (C=O) groups is 3. The number of nitrogens with zero attached hydrogens (tertiary/aromatic N) is 1. The lowest BCUT2D eigenvalue weighted by Gasteiger charge is -2.28. The van der Waals surface area contributed by atoms with E-state index in [1.807, 2.05) is 24.3 Å². The van der Waals surface area contributed by atoms with Crippen molar-refractivity contribution in [2.24, 2.45) is 5.92 Å². The fraction of sp³-hybridized carbons (Fsp3) is 0.214. The van der Waals surface area contributed by atoms with Crippen LogP contribution in [0.1, 0.15) is 18.1 Å². The van der Waals surface area contributed by atoms with Crippen LogP contribution < -0.4 is 5.32 Å². The minimum atomic E-state index is -0.829. The summed E-state index contributed by atoms with van der Waals surface area (Å²) in [6.45, 7) is 5.29. The molecule has 5 nitrogen and oxygen atoms in total. The predicted octanol–water partition coefficient (Wildman–Crippen LogP) is 1.54. The second-order valence-electron chi connectivity index (χ2n) is 4.39. The summed E-state index contributed by atoms with van der Waals surface area (Å²) >= 11 is 0. The van der Waals surface area contributed by atoms with Gasteiger partial charge in [-0.3, -0.25) is 19.8 Å². The topological polar surface area (TPSA) is 66.5 Å². The molecule has 1 N–H and O–H groups in total. The van der Waals surface area contributed by atoms with Gasteiger partial charge in [-0.2, -0.15) is 0 Å². The zero-order chi connectivity index (χ0) is 14.0. The van der Waals surface area contributed by atoms with Gasteiger partial charge in [-0.25, -0.2) is 4.79 Å². The molecule has 0 aliphatic carbocycles. The monoisotopic (exact) mass is 258 g/mol. The molecule has 1 aliphatic rings. The Kier molecular flexibility index (Phi) is 3.46. The van der Waals surface area contributed by atoms with Gasteiger partial charge in [0.15, 0.2) is 0 Å². The van der Waals surface area contributed by atoms with Crippen LogP contribution in [0.15, 0.2) is 30.8 Å². The zero-order valence-electron chi connectivity index (χ0n) is 10.6. The van der Waals surface area contributed by atoms with Crippen molar-refractivity contribution in [3.63, 3.8) is 0 Å². The Morgan fingerprint density at radius 3 is 2.47 bits per heavy atom. The molecular formula is C14H14N2O3. The van der Waals surface area contributed by atoms with Gasteiger partial charge in [0.25, 0.3) is 0 Å². The minimum Gasteiger partial charge on any atom is -0.277 e. The zero-order valence-corrected chi connectivity index (χ0v) is 10.6. The van der Waals surface area contributed by atoms with Crippen molar-refractivity contribution in [3.05, 3.63) is 42.0 Å². The number of benzene rings is 1. The standard InChI is InChI=1S/C14H14N2O3/c1-3-10-4-6-11(7-5-10)8-16-13(18)9(2)12(17)15-14(16)19/h3-7,9H,1,8H2,2H3,(H,15,17,19). The number of hydrogen-bond donors (Lipinski definition) is 1. The highest BCUT2D eigenvalue weighted by molar-refractivity contribution is 6.15. The fourth-order valence-corrected chi connectivity index (χ4v) is 1.82. The number of barbiturate groups is 1. The number of urea groups is 1. The lowest BCUT2D eigenvalue weighted by molar-refractivity contribution is -0.142. The van der Waals surface area contributed by atoms with Crippen LogP contribution in [-0.4, -0.2) is 22.7 Å². The Morgan fingerprint density at radius 2 is 1.89 bits per heavy atom. The van der Waals surface area contributed by atoms with Crippen LogP contribution in [-0.2, 0) is 16.1 Å². The molecule has 98 valence electrons. The molecule has 5 heteroatoms. The van der Waals surface area contributed by atoms with Gasteiger partial charge in [0.2, 0.25) is 11.8 Å². The van der Waals surface area contributed by atoms with Crippen LogP contribution in [0.2, 0.25) is 0 Å². The smallest absolute Gasteiger partial charge is 0.277 e. The highest BCUT2D eigenvalue weighted by atomic mass is 16.2. The third-order valence-electron chi connectivity index (χ3n) is 3.06. The normalized spacial score (nSPS) is 19.3. The van der Waals surface area contributed by atoms with Crippen LogP contribution in [0.4, 0.5) is 4.79 Å². The molecule has 1 aliphatic heterocycles. The van der Waals surface area contributed by atoms with E-state index in [-0.39, 0.29) is 6.54 Å². The van der Waals surface area contributed by atoms with Crippen molar-refractivity contribution in [2.45, 2.75) is 13.5 Å². The van der Waals surface area contributed by atoms with Crippen molar-refractivity contribution in [2.75, 3.05) is 0 Å². The first-order chi connectivity index (χ1) is 9.02. The molecule has 2 rings (SSSR count). The molecule has 1 unspecified atom stereocenters. The predicted molar refractivity (Wildman–Crippen MR) is 69.8 cm³/mol. The van der Waals surface area contributed by atoms with Crippen molar-refractivity contribution >= 4 is 23.9 Å². The van der Waals surface area contributed by atoms with Crippen molar-refractivity contribution in [3.8, 4) is 0 Å². The first-order valence-corrected chi connectivity index (χ1v) is 5.90. The van der Waals surface area contributed by atoms with Crippen LogP contribution in [0.5, 0.6) is 0 Å². The molecule has 1 saturated heterocycles.